The summed E-state index contributed by atoms with van der Waals surface area (Å²) in [5.74, 6) is 0.642. The zero-order valence-electron chi connectivity index (χ0n) is 7.05. The van der Waals surface area contributed by atoms with Crippen LogP contribution in [0.1, 0.15) is 0 Å². The molecule has 0 aromatic heterocycles. The SMILES string of the molecule is OCC(O)CSc1cccc(O)c1. The minimum atomic E-state index is -0.702. The first kappa shape index (κ1) is 10.4. The number of phenolic OH excluding ortho intramolecular Hbond substituents is 1. The second-order valence-electron chi connectivity index (χ2n) is 2.64. The lowest BCUT2D eigenvalue weighted by atomic mass is 10.3. The summed E-state index contributed by atoms with van der Waals surface area (Å²) in [5.41, 5.74) is 0. The molecule has 1 aromatic carbocycles. The Morgan fingerprint density at radius 2 is 2.15 bits per heavy atom. The summed E-state index contributed by atoms with van der Waals surface area (Å²) in [7, 11) is 0. The van der Waals surface area contributed by atoms with Gasteiger partial charge in [-0.2, -0.15) is 0 Å². The van der Waals surface area contributed by atoms with Crippen molar-refractivity contribution in [3.63, 3.8) is 0 Å². The minimum Gasteiger partial charge on any atom is -0.508 e. The van der Waals surface area contributed by atoms with Gasteiger partial charge in [-0.15, -0.1) is 11.8 Å². The third-order valence-electron chi connectivity index (χ3n) is 1.47. The van der Waals surface area contributed by atoms with Crippen LogP contribution in [0, 0.1) is 0 Å². The summed E-state index contributed by atoms with van der Waals surface area (Å²) < 4.78 is 0. The molecule has 0 saturated carbocycles. The van der Waals surface area contributed by atoms with Crippen molar-refractivity contribution in [3.05, 3.63) is 24.3 Å². The molecule has 0 spiro atoms. The third-order valence-corrected chi connectivity index (χ3v) is 2.61. The monoisotopic (exact) mass is 200 g/mol. The van der Waals surface area contributed by atoms with Gasteiger partial charge in [-0.25, -0.2) is 0 Å². The van der Waals surface area contributed by atoms with Gasteiger partial charge in [-0.05, 0) is 18.2 Å². The molecule has 0 aliphatic rings. The van der Waals surface area contributed by atoms with Gasteiger partial charge in [-0.1, -0.05) is 6.07 Å². The number of benzene rings is 1. The Hall–Kier alpha value is -0.710. The number of aromatic hydroxyl groups is 1. The number of thioether (sulfide) groups is 1. The highest BCUT2D eigenvalue weighted by atomic mass is 32.2. The summed E-state index contributed by atoms with van der Waals surface area (Å²) >= 11 is 1.40. The van der Waals surface area contributed by atoms with Gasteiger partial charge in [0, 0.05) is 10.6 Å². The first-order valence-corrected chi connectivity index (χ1v) is 4.91. The number of hydrogen-bond donors (Lipinski definition) is 3. The average molecular weight is 200 g/mol. The molecule has 72 valence electrons. The number of phenols is 1. The summed E-state index contributed by atoms with van der Waals surface area (Å²) in [6, 6.07) is 6.79. The molecule has 0 heterocycles. The summed E-state index contributed by atoms with van der Waals surface area (Å²) in [4.78, 5) is 0.882. The first-order chi connectivity index (χ1) is 6.22. The normalized spacial score (nSPS) is 12.8. The molecular weight excluding hydrogens is 188 g/mol. The molecular formula is C9H12O3S. The minimum absolute atomic E-state index is 0.212. The van der Waals surface area contributed by atoms with E-state index in [0.717, 1.165) is 4.90 Å². The second kappa shape index (κ2) is 5.11. The highest BCUT2D eigenvalue weighted by molar-refractivity contribution is 7.99. The van der Waals surface area contributed by atoms with E-state index in [4.69, 9.17) is 15.3 Å². The average Bonchev–Trinajstić information content (AvgIpc) is 2.14. The van der Waals surface area contributed by atoms with Gasteiger partial charge in [0.2, 0.25) is 0 Å². The van der Waals surface area contributed by atoms with Gasteiger partial charge in [0.1, 0.15) is 5.75 Å². The Kier molecular flexibility index (Phi) is 4.08. The quantitative estimate of drug-likeness (QED) is 0.630. The summed E-state index contributed by atoms with van der Waals surface area (Å²) in [6.45, 7) is -0.230. The van der Waals surface area contributed by atoms with Crippen LogP contribution in [-0.2, 0) is 0 Å². The smallest absolute Gasteiger partial charge is 0.116 e. The van der Waals surface area contributed by atoms with Crippen LogP contribution in [0.2, 0.25) is 0 Å². The number of rotatable bonds is 4. The topological polar surface area (TPSA) is 60.7 Å². The molecule has 0 aliphatic carbocycles. The van der Waals surface area contributed by atoms with Gasteiger partial charge in [0.05, 0.1) is 12.7 Å². The number of aliphatic hydroxyl groups is 2. The fraction of sp³-hybridized carbons (Fsp3) is 0.333. The van der Waals surface area contributed by atoms with Crippen molar-refractivity contribution < 1.29 is 15.3 Å². The van der Waals surface area contributed by atoms with Crippen molar-refractivity contribution in [2.24, 2.45) is 0 Å². The summed E-state index contributed by atoms with van der Waals surface area (Å²) in [5, 5.41) is 26.7. The van der Waals surface area contributed by atoms with E-state index in [0.29, 0.717) is 5.75 Å². The Balaban J connectivity index is 2.45. The molecule has 0 fully saturated rings. The van der Waals surface area contributed by atoms with E-state index < -0.39 is 6.10 Å². The van der Waals surface area contributed by atoms with Crippen molar-refractivity contribution >= 4 is 11.8 Å². The fourth-order valence-electron chi connectivity index (χ4n) is 0.818. The molecule has 0 amide bonds. The molecule has 0 bridgehead atoms. The molecule has 3 N–H and O–H groups in total. The van der Waals surface area contributed by atoms with Crippen LogP contribution in [0.3, 0.4) is 0 Å². The Morgan fingerprint density at radius 1 is 1.38 bits per heavy atom. The molecule has 1 aromatic rings. The van der Waals surface area contributed by atoms with Gasteiger partial charge >= 0.3 is 0 Å². The number of aliphatic hydroxyl groups excluding tert-OH is 2. The molecule has 0 radical (unpaired) electrons. The second-order valence-corrected chi connectivity index (χ2v) is 3.74. The van der Waals surface area contributed by atoms with Gasteiger partial charge in [-0.3, -0.25) is 0 Å². The lowest BCUT2D eigenvalue weighted by Crippen LogP contribution is -2.14. The van der Waals surface area contributed by atoms with Crippen LogP contribution in [0.4, 0.5) is 0 Å². The lowest BCUT2D eigenvalue weighted by molar-refractivity contribution is 0.113. The van der Waals surface area contributed by atoms with Crippen LogP contribution in [0.5, 0.6) is 5.75 Å². The van der Waals surface area contributed by atoms with Crippen LogP contribution in [0.25, 0.3) is 0 Å². The van der Waals surface area contributed by atoms with Gasteiger partial charge in [0.15, 0.2) is 0 Å². The highest BCUT2D eigenvalue weighted by Gasteiger charge is 2.02. The Bertz CT molecular complexity index is 265. The third kappa shape index (κ3) is 3.67. The van der Waals surface area contributed by atoms with Crippen molar-refractivity contribution in [3.8, 4) is 5.75 Å². The first-order valence-electron chi connectivity index (χ1n) is 3.93. The molecule has 1 unspecified atom stereocenters. The van der Waals surface area contributed by atoms with E-state index in [2.05, 4.69) is 0 Å². The van der Waals surface area contributed by atoms with Gasteiger partial charge < -0.3 is 15.3 Å². The molecule has 0 aliphatic heterocycles. The predicted molar refractivity (Wildman–Crippen MR) is 51.9 cm³/mol. The van der Waals surface area contributed by atoms with E-state index in [9.17, 15) is 0 Å². The van der Waals surface area contributed by atoms with Crippen molar-refractivity contribution in [2.45, 2.75) is 11.0 Å². The molecule has 0 saturated heterocycles. The maximum absolute atomic E-state index is 9.11. The van der Waals surface area contributed by atoms with Crippen LogP contribution in [-0.4, -0.2) is 33.8 Å². The van der Waals surface area contributed by atoms with Crippen LogP contribution >= 0.6 is 11.8 Å². The van der Waals surface area contributed by atoms with Crippen molar-refractivity contribution in [1.29, 1.82) is 0 Å². The highest BCUT2D eigenvalue weighted by Crippen LogP contribution is 2.22. The maximum Gasteiger partial charge on any atom is 0.116 e. The lowest BCUT2D eigenvalue weighted by Gasteiger charge is -2.06. The van der Waals surface area contributed by atoms with Crippen molar-refractivity contribution in [1.82, 2.24) is 0 Å². The predicted octanol–water partition coefficient (Wildman–Crippen LogP) is 0.837. The molecule has 1 rings (SSSR count). The van der Waals surface area contributed by atoms with E-state index >= 15 is 0 Å². The Morgan fingerprint density at radius 3 is 2.77 bits per heavy atom. The Labute approximate surface area is 81.0 Å². The largest absolute Gasteiger partial charge is 0.508 e. The zero-order chi connectivity index (χ0) is 9.68. The molecule has 1 atom stereocenters. The zero-order valence-corrected chi connectivity index (χ0v) is 7.87. The standard InChI is InChI=1S/C9H12O3S/c10-5-8(12)6-13-9-3-1-2-7(11)4-9/h1-4,8,10-12H,5-6H2. The van der Waals surface area contributed by atoms with E-state index in [1.54, 1.807) is 18.2 Å². The summed E-state index contributed by atoms with van der Waals surface area (Å²) in [6.07, 6.45) is -0.702. The van der Waals surface area contributed by atoms with Crippen LogP contribution < -0.4 is 0 Å². The fourth-order valence-corrected chi connectivity index (χ4v) is 1.69. The maximum atomic E-state index is 9.11. The molecule has 3 nitrogen and oxygen atoms in total. The van der Waals surface area contributed by atoms with E-state index in [1.807, 2.05) is 6.07 Å². The van der Waals surface area contributed by atoms with E-state index in [-0.39, 0.29) is 12.4 Å². The molecule has 13 heavy (non-hydrogen) atoms. The van der Waals surface area contributed by atoms with E-state index in [1.165, 1.54) is 11.8 Å². The number of hydrogen-bond acceptors (Lipinski definition) is 4. The van der Waals surface area contributed by atoms with Gasteiger partial charge in [0.25, 0.3) is 0 Å². The molecule has 4 heteroatoms. The van der Waals surface area contributed by atoms with Crippen LogP contribution in [0.15, 0.2) is 29.2 Å². The van der Waals surface area contributed by atoms with Crippen molar-refractivity contribution in [2.75, 3.05) is 12.4 Å².